The van der Waals surface area contributed by atoms with Crippen LogP contribution in [0.1, 0.15) is 43.2 Å². The summed E-state index contributed by atoms with van der Waals surface area (Å²) < 4.78 is 5.83. The van der Waals surface area contributed by atoms with Gasteiger partial charge in [0.1, 0.15) is 0 Å². The minimum atomic E-state index is 0.505. The molecule has 116 valence electrons. The average Bonchev–Trinajstić information content (AvgIpc) is 2.90. The van der Waals surface area contributed by atoms with Gasteiger partial charge in [0.2, 0.25) is 0 Å². The van der Waals surface area contributed by atoms with Crippen molar-refractivity contribution >= 4 is 23.0 Å². The Morgan fingerprint density at radius 2 is 1.86 bits per heavy atom. The van der Waals surface area contributed by atoms with Crippen molar-refractivity contribution in [2.24, 2.45) is 0 Å². The first-order valence-electron chi connectivity index (χ1n) is 7.88. The molecule has 0 saturated heterocycles. The van der Waals surface area contributed by atoms with Crippen molar-refractivity contribution in [1.29, 1.82) is 0 Å². The van der Waals surface area contributed by atoms with E-state index in [-0.39, 0.29) is 0 Å². The fraction of sp³-hybridized carbons (Fsp3) is 0.588. The Bertz CT molecular complexity index is 450. The zero-order valence-electron chi connectivity index (χ0n) is 13.1. The van der Waals surface area contributed by atoms with Gasteiger partial charge in [0.05, 0.1) is 6.10 Å². The average molecular weight is 306 g/mol. The maximum atomic E-state index is 5.83. The van der Waals surface area contributed by atoms with Crippen molar-refractivity contribution in [2.45, 2.75) is 52.1 Å². The topological polar surface area (TPSA) is 33.3 Å². The molecule has 0 amide bonds. The van der Waals surface area contributed by atoms with Crippen LogP contribution in [0.5, 0.6) is 0 Å². The molecule has 2 N–H and O–H groups in total. The molecule has 0 heterocycles. The lowest BCUT2D eigenvalue weighted by atomic mass is 10.1. The summed E-state index contributed by atoms with van der Waals surface area (Å²) in [7, 11) is 0. The number of aryl methyl sites for hydroxylation is 2. The first-order valence-corrected chi connectivity index (χ1v) is 8.29. The smallest absolute Gasteiger partial charge is 0.170 e. The van der Waals surface area contributed by atoms with Crippen LogP contribution in [0.15, 0.2) is 18.2 Å². The Balaban J connectivity index is 1.60. The fourth-order valence-corrected chi connectivity index (χ4v) is 3.02. The van der Waals surface area contributed by atoms with Crippen molar-refractivity contribution in [2.75, 3.05) is 18.5 Å². The molecular weight excluding hydrogens is 280 g/mol. The Labute approximate surface area is 133 Å². The molecule has 1 aliphatic carbocycles. The minimum absolute atomic E-state index is 0.505. The van der Waals surface area contributed by atoms with E-state index >= 15 is 0 Å². The summed E-state index contributed by atoms with van der Waals surface area (Å²) >= 11 is 5.32. The molecule has 0 aliphatic heterocycles. The molecule has 21 heavy (non-hydrogen) atoms. The van der Waals surface area contributed by atoms with Crippen molar-refractivity contribution in [3.8, 4) is 0 Å². The minimum Gasteiger partial charge on any atom is -0.378 e. The highest BCUT2D eigenvalue weighted by Crippen LogP contribution is 2.20. The van der Waals surface area contributed by atoms with Gasteiger partial charge in [0, 0.05) is 18.8 Å². The van der Waals surface area contributed by atoms with E-state index in [4.69, 9.17) is 17.0 Å². The van der Waals surface area contributed by atoms with Gasteiger partial charge in [0.25, 0.3) is 0 Å². The molecule has 0 bridgehead atoms. The Morgan fingerprint density at radius 1 is 1.19 bits per heavy atom. The Kier molecular flexibility index (Phi) is 6.46. The molecule has 0 atom stereocenters. The van der Waals surface area contributed by atoms with Gasteiger partial charge >= 0.3 is 0 Å². The molecule has 0 radical (unpaired) electrons. The number of ether oxygens (including phenoxy) is 1. The summed E-state index contributed by atoms with van der Waals surface area (Å²) in [6.45, 7) is 5.86. The van der Waals surface area contributed by atoms with Gasteiger partial charge in [-0.3, -0.25) is 0 Å². The number of nitrogens with one attached hydrogen (secondary N) is 2. The summed E-state index contributed by atoms with van der Waals surface area (Å²) in [6, 6.07) is 6.36. The highest BCUT2D eigenvalue weighted by atomic mass is 32.1. The van der Waals surface area contributed by atoms with Crippen LogP contribution < -0.4 is 10.6 Å². The highest BCUT2D eigenvalue weighted by Gasteiger charge is 2.14. The quantitative estimate of drug-likeness (QED) is 0.616. The molecule has 1 aromatic carbocycles. The predicted octanol–water partition coefficient (Wildman–Crippen LogP) is 3.94. The van der Waals surface area contributed by atoms with Crippen molar-refractivity contribution in [3.63, 3.8) is 0 Å². The highest BCUT2D eigenvalue weighted by molar-refractivity contribution is 7.80. The molecule has 1 saturated carbocycles. The van der Waals surface area contributed by atoms with Gasteiger partial charge < -0.3 is 15.4 Å². The van der Waals surface area contributed by atoms with Gasteiger partial charge in [-0.1, -0.05) is 18.9 Å². The Morgan fingerprint density at radius 3 is 2.52 bits per heavy atom. The van der Waals surface area contributed by atoms with E-state index in [1.807, 2.05) is 0 Å². The lowest BCUT2D eigenvalue weighted by molar-refractivity contribution is 0.0574. The third-order valence-corrected chi connectivity index (χ3v) is 3.99. The van der Waals surface area contributed by atoms with Gasteiger partial charge in [-0.2, -0.15) is 0 Å². The first-order chi connectivity index (χ1) is 10.1. The maximum absolute atomic E-state index is 5.83. The maximum Gasteiger partial charge on any atom is 0.170 e. The standard InChI is InChI=1S/C17H26N2OS/c1-13-10-14(2)12-15(11-13)19-17(21)18-8-5-9-20-16-6-3-4-7-16/h10-12,16H,3-9H2,1-2H3,(H2,18,19,21). The van der Waals surface area contributed by atoms with E-state index in [9.17, 15) is 0 Å². The zero-order chi connectivity index (χ0) is 15.1. The molecular formula is C17H26N2OS. The second kappa shape index (κ2) is 8.35. The van der Waals surface area contributed by atoms with Crippen molar-refractivity contribution in [3.05, 3.63) is 29.3 Å². The van der Waals surface area contributed by atoms with Crippen LogP contribution in [-0.4, -0.2) is 24.4 Å². The molecule has 0 unspecified atom stereocenters. The summed E-state index contributed by atoms with van der Waals surface area (Å²) in [5, 5.41) is 7.15. The molecule has 4 heteroatoms. The second-order valence-electron chi connectivity index (χ2n) is 5.89. The summed E-state index contributed by atoms with van der Waals surface area (Å²) in [5.41, 5.74) is 3.53. The van der Waals surface area contributed by atoms with E-state index in [0.717, 1.165) is 25.3 Å². The number of rotatable bonds is 6. The van der Waals surface area contributed by atoms with Crippen LogP contribution in [0.3, 0.4) is 0 Å². The van der Waals surface area contributed by atoms with Gasteiger partial charge in [-0.15, -0.1) is 0 Å². The molecule has 2 rings (SSSR count). The van der Waals surface area contributed by atoms with Gasteiger partial charge in [-0.05, 0) is 68.6 Å². The van der Waals surface area contributed by atoms with E-state index in [1.54, 1.807) is 0 Å². The van der Waals surface area contributed by atoms with E-state index < -0.39 is 0 Å². The number of hydrogen-bond acceptors (Lipinski definition) is 2. The molecule has 1 aromatic rings. The van der Waals surface area contributed by atoms with Crippen molar-refractivity contribution in [1.82, 2.24) is 5.32 Å². The lowest BCUT2D eigenvalue weighted by Gasteiger charge is -2.13. The first kappa shape index (κ1) is 16.2. The second-order valence-corrected chi connectivity index (χ2v) is 6.30. The summed E-state index contributed by atoms with van der Waals surface area (Å²) in [4.78, 5) is 0. The van der Waals surface area contributed by atoms with E-state index in [0.29, 0.717) is 11.2 Å². The van der Waals surface area contributed by atoms with Crippen LogP contribution >= 0.6 is 12.2 Å². The van der Waals surface area contributed by atoms with Gasteiger partial charge in [-0.25, -0.2) is 0 Å². The van der Waals surface area contributed by atoms with Crippen molar-refractivity contribution < 1.29 is 4.74 Å². The summed E-state index contributed by atoms with van der Waals surface area (Å²) in [6.07, 6.45) is 6.62. The third kappa shape index (κ3) is 6.02. The van der Waals surface area contributed by atoms with Crippen LogP contribution in [0.2, 0.25) is 0 Å². The predicted molar refractivity (Wildman–Crippen MR) is 93.0 cm³/mol. The molecule has 0 spiro atoms. The fourth-order valence-electron chi connectivity index (χ4n) is 2.80. The molecule has 1 aliphatic rings. The molecule has 1 fully saturated rings. The molecule has 3 nitrogen and oxygen atoms in total. The number of hydrogen-bond donors (Lipinski definition) is 2. The van der Waals surface area contributed by atoms with E-state index in [2.05, 4.69) is 42.7 Å². The zero-order valence-corrected chi connectivity index (χ0v) is 13.9. The van der Waals surface area contributed by atoms with Gasteiger partial charge in [0.15, 0.2) is 5.11 Å². The van der Waals surface area contributed by atoms with Crippen LogP contribution in [-0.2, 0) is 4.74 Å². The van der Waals surface area contributed by atoms with Crippen LogP contribution in [0, 0.1) is 13.8 Å². The van der Waals surface area contributed by atoms with Crippen LogP contribution in [0.25, 0.3) is 0 Å². The third-order valence-electron chi connectivity index (χ3n) is 3.74. The van der Waals surface area contributed by atoms with E-state index in [1.165, 1.54) is 36.8 Å². The number of anilines is 1. The number of benzene rings is 1. The normalized spacial score (nSPS) is 15.1. The summed E-state index contributed by atoms with van der Waals surface area (Å²) in [5.74, 6) is 0. The Hall–Kier alpha value is -1.13. The number of thiocarbonyl (C=S) groups is 1. The molecule has 0 aromatic heterocycles. The van der Waals surface area contributed by atoms with Crippen LogP contribution in [0.4, 0.5) is 5.69 Å². The SMILES string of the molecule is Cc1cc(C)cc(NC(=S)NCCCOC2CCCC2)c1. The monoisotopic (exact) mass is 306 g/mol. The lowest BCUT2D eigenvalue weighted by Crippen LogP contribution is -2.30. The largest absolute Gasteiger partial charge is 0.378 e.